The van der Waals surface area contributed by atoms with Crippen LogP contribution in [0.5, 0.6) is 0 Å². The van der Waals surface area contributed by atoms with Crippen LogP contribution in [-0.4, -0.2) is 24.5 Å². The topological polar surface area (TPSA) is 104 Å². The van der Waals surface area contributed by atoms with E-state index in [4.69, 9.17) is 16.9 Å². The lowest BCUT2D eigenvalue weighted by Gasteiger charge is -2.14. The Morgan fingerprint density at radius 3 is 2.52 bits per heavy atom. The number of nitriles is 1. The average molecular weight is 355 g/mol. The molecular weight excluding hydrogens is 340 g/mol. The van der Waals surface area contributed by atoms with Gasteiger partial charge in [0, 0.05) is 13.2 Å². The van der Waals surface area contributed by atoms with Gasteiger partial charge in [0.2, 0.25) is 17.2 Å². The van der Waals surface area contributed by atoms with E-state index in [1.165, 1.54) is 0 Å². The zero-order chi connectivity index (χ0) is 17.8. The lowest BCUT2D eigenvalue weighted by Crippen LogP contribution is -2.11. The summed E-state index contributed by atoms with van der Waals surface area (Å²) >= 11 is 5.99. The van der Waals surface area contributed by atoms with Crippen LogP contribution in [0, 0.1) is 11.3 Å². The van der Waals surface area contributed by atoms with Crippen molar-refractivity contribution in [1.82, 2.24) is 24.5 Å². The fraction of sp³-hybridized carbons (Fsp3) is 0.188. The highest BCUT2D eigenvalue weighted by Gasteiger charge is 2.11. The van der Waals surface area contributed by atoms with E-state index in [1.807, 2.05) is 26.1 Å². The van der Waals surface area contributed by atoms with Crippen molar-refractivity contribution in [3.63, 3.8) is 0 Å². The minimum Gasteiger partial charge on any atom is -0.348 e. The van der Waals surface area contributed by atoms with Gasteiger partial charge in [0.15, 0.2) is 5.82 Å². The molecule has 0 spiro atoms. The number of halogens is 1. The number of aryl methyl sites for hydroxylation is 1. The summed E-state index contributed by atoms with van der Waals surface area (Å²) in [6.07, 6.45) is 3.46. The molecule has 0 aliphatic carbocycles. The number of rotatable bonds is 5. The molecule has 0 amide bonds. The van der Waals surface area contributed by atoms with Gasteiger partial charge in [-0.15, -0.1) is 0 Å². The Labute approximate surface area is 149 Å². The molecule has 0 saturated heterocycles. The minimum atomic E-state index is -0.0751. The highest BCUT2D eigenvalue weighted by molar-refractivity contribution is 6.28. The molecule has 3 aromatic rings. The van der Waals surface area contributed by atoms with Gasteiger partial charge in [0.1, 0.15) is 0 Å². The van der Waals surface area contributed by atoms with Gasteiger partial charge in [-0.2, -0.15) is 20.2 Å². The second-order valence-corrected chi connectivity index (χ2v) is 5.74. The van der Waals surface area contributed by atoms with Crippen LogP contribution in [0.3, 0.4) is 0 Å². The second kappa shape index (κ2) is 7.15. The summed E-state index contributed by atoms with van der Waals surface area (Å²) in [6.45, 7) is 1.96. The van der Waals surface area contributed by atoms with Crippen LogP contribution < -0.4 is 10.6 Å². The maximum absolute atomic E-state index is 8.87. The molecule has 0 aliphatic rings. The molecule has 2 N–H and O–H groups in total. The summed E-state index contributed by atoms with van der Waals surface area (Å²) in [5.41, 5.74) is 1.61. The predicted molar refractivity (Wildman–Crippen MR) is 94.5 cm³/mol. The number of anilines is 3. The van der Waals surface area contributed by atoms with Crippen LogP contribution in [0.25, 0.3) is 0 Å². The van der Waals surface area contributed by atoms with Gasteiger partial charge in [-0.1, -0.05) is 12.1 Å². The molecular formula is C16H15ClN8. The van der Waals surface area contributed by atoms with E-state index in [2.05, 4.69) is 36.6 Å². The molecule has 9 heteroatoms. The number of nitrogens with one attached hydrogen (secondary N) is 2. The van der Waals surface area contributed by atoms with E-state index in [0.717, 1.165) is 5.56 Å². The van der Waals surface area contributed by atoms with Gasteiger partial charge >= 0.3 is 0 Å². The Balaban J connectivity index is 1.76. The van der Waals surface area contributed by atoms with Crippen LogP contribution in [-0.2, 0) is 7.05 Å². The smallest absolute Gasteiger partial charge is 0.234 e. The van der Waals surface area contributed by atoms with E-state index >= 15 is 0 Å². The third-order valence-corrected chi connectivity index (χ3v) is 3.61. The lowest BCUT2D eigenvalue weighted by atomic mass is 10.1. The summed E-state index contributed by atoms with van der Waals surface area (Å²) in [5.74, 6) is 1.25. The fourth-order valence-electron chi connectivity index (χ4n) is 2.19. The number of hydrogen-bond donors (Lipinski definition) is 2. The van der Waals surface area contributed by atoms with Gasteiger partial charge in [-0.25, -0.2) is 4.98 Å². The first-order valence-corrected chi connectivity index (χ1v) is 7.84. The molecule has 0 aliphatic heterocycles. The molecule has 2 aromatic heterocycles. The monoisotopic (exact) mass is 354 g/mol. The lowest BCUT2D eigenvalue weighted by molar-refractivity contribution is 0.854. The quantitative estimate of drug-likeness (QED) is 0.725. The van der Waals surface area contributed by atoms with Crippen molar-refractivity contribution in [2.45, 2.75) is 13.0 Å². The molecule has 8 nitrogen and oxygen atoms in total. The first kappa shape index (κ1) is 16.7. The molecule has 25 heavy (non-hydrogen) atoms. The number of hydrogen-bond acceptors (Lipinski definition) is 7. The predicted octanol–water partition coefficient (Wildman–Crippen LogP) is 3.05. The van der Waals surface area contributed by atoms with Gasteiger partial charge in [-0.05, 0) is 36.2 Å². The van der Waals surface area contributed by atoms with Crippen molar-refractivity contribution >= 4 is 29.3 Å². The number of aromatic nitrogens is 5. The van der Waals surface area contributed by atoms with Crippen LogP contribution in [0.15, 0.2) is 36.8 Å². The summed E-state index contributed by atoms with van der Waals surface area (Å²) in [5, 5.41) is 15.1. The fourth-order valence-corrected chi connectivity index (χ4v) is 2.35. The molecule has 3 rings (SSSR count). The number of imidazole rings is 1. The van der Waals surface area contributed by atoms with E-state index in [9.17, 15) is 0 Å². The maximum Gasteiger partial charge on any atom is 0.234 e. The maximum atomic E-state index is 8.87. The van der Waals surface area contributed by atoms with Crippen molar-refractivity contribution in [2.75, 3.05) is 10.6 Å². The third-order valence-electron chi connectivity index (χ3n) is 3.44. The van der Waals surface area contributed by atoms with Crippen LogP contribution in [0.1, 0.15) is 24.1 Å². The molecule has 2 heterocycles. The van der Waals surface area contributed by atoms with Crippen LogP contribution in [0.4, 0.5) is 17.7 Å². The Morgan fingerprint density at radius 1 is 1.16 bits per heavy atom. The molecule has 1 aromatic carbocycles. The SMILES string of the molecule is C[C@H](Nc1nc(Cl)nc(Nc2cn(C)cn2)n1)c1ccc(C#N)cc1. The zero-order valence-electron chi connectivity index (χ0n) is 13.6. The summed E-state index contributed by atoms with van der Waals surface area (Å²) in [6, 6.07) is 9.31. The van der Waals surface area contributed by atoms with Crippen LogP contribution in [0.2, 0.25) is 5.28 Å². The zero-order valence-corrected chi connectivity index (χ0v) is 14.4. The highest BCUT2D eigenvalue weighted by Crippen LogP contribution is 2.20. The minimum absolute atomic E-state index is 0.0722. The standard InChI is InChI=1S/C16H15ClN8/c1-10(12-5-3-11(7-18)4-6-12)20-15-22-14(17)23-16(24-15)21-13-8-25(2)9-19-13/h3-6,8-10H,1-2H3,(H2,20,21,22,23,24)/t10-/m0/s1. The highest BCUT2D eigenvalue weighted by atomic mass is 35.5. The van der Waals surface area contributed by atoms with Gasteiger partial charge in [-0.3, -0.25) is 0 Å². The normalized spacial score (nSPS) is 11.6. The van der Waals surface area contributed by atoms with Crippen molar-refractivity contribution in [1.29, 1.82) is 5.26 Å². The molecule has 0 fully saturated rings. The first-order valence-electron chi connectivity index (χ1n) is 7.46. The van der Waals surface area contributed by atoms with E-state index in [0.29, 0.717) is 23.3 Å². The average Bonchev–Trinajstić information content (AvgIpc) is 2.99. The van der Waals surface area contributed by atoms with E-state index in [1.54, 1.807) is 29.2 Å². The van der Waals surface area contributed by atoms with Crippen molar-refractivity contribution in [2.24, 2.45) is 7.05 Å². The number of nitrogens with zero attached hydrogens (tertiary/aromatic N) is 6. The summed E-state index contributed by atoms with van der Waals surface area (Å²) in [7, 11) is 1.87. The summed E-state index contributed by atoms with van der Waals surface area (Å²) in [4.78, 5) is 16.6. The van der Waals surface area contributed by atoms with Gasteiger partial charge in [0.25, 0.3) is 0 Å². The third kappa shape index (κ3) is 4.22. The molecule has 126 valence electrons. The van der Waals surface area contributed by atoms with Crippen molar-refractivity contribution in [3.8, 4) is 6.07 Å². The number of benzene rings is 1. The first-order chi connectivity index (χ1) is 12.0. The molecule has 0 saturated carbocycles. The van der Waals surface area contributed by atoms with Crippen molar-refractivity contribution in [3.05, 3.63) is 53.2 Å². The molecule has 1 atom stereocenters. The van der Waals surface area contributed by atoms with E-state index in [-0.39, 0.29) is 11.3 Å². The largest absolute Gasteiger partial charge is 0.348 e. The Hall–Kier alpha value is -3.18. The molecule has 0 radical (unpaired) electrons. The Kier molecular flexibility index (Phi) is 4.77. The molecule has 0 bridgehead atoms. The Bertz CT molecular complexity index is 913. The molecule has 0 unspecified atom stereocenters. The Morgan fingerprint density at radius 2 is 1.88 bits per heavy atom. The van der Waals surface area contributed by atoms with Gasteiger partial charge in [0.05, 0.1) is 24.0 Å². The van der Waals surface area contributed by atoms with Gasteiger partial charge < -0.3 is 15.2 Å². The van der Waals surface area contributed by atoms with Crippen LogP contribution >= 0.6 is 11.6 Å². The summed E-state index contributed by atoms with van der Waals surface area (Å²) < 4.78 is 1.80. The van der Waals surface area contributed by atoms with Crippen molar-refractivity contribution < 1.29 is 0 Å². The second-order valence-electron chi connectivity index (χ2n) is 5.40. The van der Waals surface area contributed by atoms with E-state index < -0.39 is 0 Å².